The zero-order valence-corrected chi connectivity index (χ0v) is 8.37. The van der Waals surface area contributed by atoms with E-state index < -0.39 is 18.7 Å². The van der Waals surface area contributed by atoms with Crippen molar-refractivity contribution in [2.24, 2.45) is 5.73 Å². The predicted molar refractivity (Wildman–Crippen MR) is 47.3 cm³/mol. The van der Waals surface area contributed by atoms with E-state index in [0.29, 0.717) is 0 Å². The average molecular weight is 239 g/mol. The first kappa shape index (κ1) is 12.9. The number of nitrogens with zero attached hydrogens (tertiary/aromatic N) is 2. The minimum Gasteiger partial charge on any atom is -0.383 e. The fourth-order valence-electron chi connectivity index (χ4n) is 1.04. The van der Waals surface area contributed by atoms with Crippen LogP contribution in [0.1, 0.15) is 30.7 Å². The topological polar surface area (TPSA) is 85.2 Å². The Morgan fingerprint density at radius 1 is 1.44 bits per heavy atom. The zero-order valence-electron chi connectivity index (χ0n) is 8.37. The molecule has 0 aliphatic rings. The van der Waals surface area contributed by atoms with Crippen molar-refractivity contribution in [3.05, 3.63) is 11.7 Å². The fraction of sp³-hybridized carbons (Fsp3) is 0.750. The molecule has 0 aromatic carbocycles. The average Bonchev–Trinajstić information content (AvgIpc) is 2.62. The Labute approximate surface area is 89.4 Å². The lowest BCUT2D eigenvalue weighted by molar-refractivity contribution is -0.134. The zero-order chi connectivity index (χ0) is 12.2. The van der Waals surface area contributed by atoms with Gasteiger partial charge in [0.15, 0.2) is 5.82 Å². The lowest BCUT2D eigenvalue weighted by Gasteiger charge is -2.02. The first-order chi connectivity index (χ1) is 7.42. The monoisotopic (exact) mass is 239 g/mol. The van der Waals surface area contributed by atoms with Gasteiger partial charge < -0.3 is 15.4 Å². The van der Waals surface area contributed by atoms with Gasteiger partial charge in [-0.05, 0) is 13.0 Å². The van der Waals surface area contributed by atoms with Crippen molar-refractivity contribution >= 4 is 0 Å². The number of aliphatic hydroxyl groups is 1. The number of halogens is 3. The van der Waals surface area contributed by atoms with Gasteiger partial charge in [-0.2, -0.15) is 18.2 Å². The normalized spacial score (nSPS) is 14.1. The van der Waals surface area contributed by atoms with Crippen molar-refractivity contribution < 1.29 is 22.8 Å². The molecule has 0 fully saturated rings. The van der Waals surface area contributed by atoms with E-state index in [1.165, 1.54) is 0 Å². The van der Waals surface area contributed by atoms with E-state index in [-0.39, 0.29) is 31.1 Å². The molecule has 0 aliphatic carbocycles. The van der Waals surface area contributed by atoms with Gasteiger partial charge in [-0.3, -0.25) is 0 Å². The summed E-state index contributed by atoms with van der Waals surface area (Å²) in [6, 6.07) is 0. The summed E-state index contributed by atoms with van der Waals surface area (Å²) in [6.45, 7) is 0.224. The Bertz CT molecular complexity index is 327. The first-order valence-corrected chi connectivity index (χ1v) is 4.69. The van der Waals surface area contributed by atoms with Crippen molar-refractivity contribution in [1.29, 1.82) is 0 Å². The van der Waals surface area contributed by atoms with E-state index in [1.807, 2.05) is 0 Å². The summed E-state index contributed by atoms with van der Waals surface area (Å²) >= 11 is 0. The summed E-state index contributed by atoms with van der Waals surface area (Å²) in [6.07, 6.45) is -6.42. The van der Waals surface area contributed by atoms with Gasteiger partial charge in [0, 0.05) is 6.42 Å². The van der Waals surface area contributed by atoms with E-state index in [0.717, 1.165) is 0 Å². The molecule has 0 aliphatic heterocycles. The molecule has 5 nitrogen and oxygen atoms in total. The second-order valence-electron chi connectivity index (χ2n) is 3.26. The van der Waals surface area contributed by atoms with Crippen molar-refractivity contribution in [2.75, 3.05) is 6.54 Å². The van der Waals surface area contributed by atoms with Crippen LogP contribution in [0, 0.1) is 0 Å². The highest BCUT2D eigenvalue weighted by atomic mass is 19.4. The third-order valence-electron chi connectivity index (χ3n) is 1.84. The Morgan fingerprint density at radius 3 is 2.69 bits per heavy atom. The van der Waals surface area contributed by atoms with Gasteiger partial charge in [0.1, 0.15) is 6.10 Å². The van der Waals surface area contributed by atoms with Crippen LogP contribution in [0.25, 0.3) is 0 Å². The van der Waals surface area contributed by atoms with Crippen LogP contribution in [-0.2, 0) is 6.42 Å². The lowest BCUT2D eigenvalue weighted by Crippen LogP contribution is -2.09. The highest BCUT2D eigenvalue weighted by Gasteiger charge is 2.28. The van der Waals surface area contributed by atoms with Gasteiger partial charge in [-0.1, -0.05) is 5.16 Å². The largest absolute Gasteiger partial charge is 0.389 e. The van der Waals surface area contributed by atoms with Gasteiger partial charge in [0.2, 0.25) is 0 Å². The van der Waals surface area contributed by atoms with Gasteiger partial charge in [-0.15, -0.1) is 0 Å². The maximum Gasteiger partial charge on any atom is 0.389 e. The van der Waals surface area contributed by atoms with Crippen LogP contribution < -0.4 is 5.73 Å². The molecule has 8 heteroatoms. The second kappa shape index (κ2) is 5.26. The van der Waals surface area contributed by atoms with Crippen LogP contribution in [0.15, 0.2) is 4.52 Å². The van der Waals surface area contributed by atoms with E-state index >= 15 is 0 Å². The molecule has 0 saturated carbocycles. The molecule has 0 unspecified atom stereocenters. The molecule has 1 aromatic heterocycles. The van der Waals surface area contributed by atoms with Crippen LogP contribution in [-0.4, -0.2) is 28.0 Å². The quantitative estimate of drug-likeness (QED) is 0.798. The van der Waals surface area contributed by atoms with Crippen molar-refractivity contribution in [1.82, 2.24) is 10.1 Å². The first-order valence-electron chi connectivity index (χ1n) is 4.69. The van der Waals surface area contributed by atoms with E-state index in [1.54, 1.807) is 0 Å². The van der Waals surface area contributed by atoms with Crippen LogP contribution in [0.4, 0.5) is 13.2 Å². The molecule has 0 spiro atoms. The summed E-state index contributed by atoms with van der Waals surface area (Å²) in [5.41, 5.74) is 5.19. The van der Waals surface area contributed by atoms with E-state index in [2.05, 4.69) is 14.7 Å². The molecule has 1 heterocycles. The molecule has 0 radical (unpaired) electrons. The third-order valence-corrected chi connectivity index (χ3v) is 1.84. The molecule has 1 rings (SSSR count). The van der Waals surface area contributed by atoms with Gasteiger partial charge in [-0.25, -0.2) is 0 Å². The fourth-order valence-corrected chi connectivity index (χ4v) is 1.04. The predicted octanol–water partition coefficient (Wildman–Crippen LogP) is 0.947. The standard InChI is InChI=1S/C8H12F3N3O2/c9-8(10,11)3-1-6-13-7(16-14-6)5(15)2-4-12/h5,15H,1-4,12H2/t5-/m0/s1. The molecule has 1 atom stereocenters. The van der Waals surface area contributed by atoms with Crippen molar-refractivity contribution in [3.63, 3.8) is 0 Å². The Balaban J connectivity index is 2.51. The van der Waals surface area contributed by atoms with Gasteiger partial charge in [0.05, 0.1) is 6.42 Å². The Morgan fingerprint density at radius 2 is 2.12 bits per heavy atom. The van der Waals surface area contributed by atoms with Gasteiger partial charge >= 0.3 is 6.18 Å². The highest BCUT2D eigenvalue weighted by molar-refractivity contribution is 4.90. The minimum absolute atomic E-state index is 0.0663. The summed E-state index contributed by atoms with van der Waals surface area (Å²) in [5, 5.41) is 12.7. The third kappa shape index (κ3) is 4.15. The number of aryl methyl sites for hydroxylation is 1. The van der Waals surface area contributed by atoms with Crippen LogP contribution >= 0.6 is 0 Å². The smallest absolute Gasteiger partial charge is 0.383 e. The maximum absolute atomic E-state index is 11.9. The molecular weight excluding hydrogens is 227 g/mol. The molecule has 16 heavy (non-hydrogen) atoms. The second-order valence-corrected chi connectivity index (χ2v) is 3.26. The summed E-state index contributed by atoms with van der Waals surface area (Å²) in [5.74, 6) is -0.161. The number of alkyl halides is 3. The number of hydrogen-bond donors (Lipinski definition) is 2. The number of rotatable bonds is 5. The SMILES string of the molecule is NCC[C@H](O)c1nc(CCC(F)(F)F)no1. The molecule has 0 saturated heterocycles. The minimum atomic E-state index is -4.25. The Kier molecular flexibility index (Phi) is 4.25. The molecule has 3 N–H and O–H groups in total. The number of aliphatic hydroxyl groups excluding tert-OH is 1. The van der Waals surface area contributed by atoms with Crippen LogP contribution in [0.3, 0.4) is 0 Å². The molecule has 0 bridgehead atoms. The molecule has 0 amide bonds. The number of nitrogens with two attached hydrogens (primary N) is 1. The Hall–Kier alpha value is -1.15. The van der Waals surface area contributed by atoms with E-state index in [4.69, 9.17) is 5.73 Å². The summed E-state index contributed by atoms with van der Waals surface area (Å²) in [7, 11) is 0. The highest BCUT2D eigenvalue weighted by Crippen LogP contribution is 2.22. The van der Waals surface area contributed by atoms with E-state index in [9.17, 15) is 18.3 Å². The maximum atomic E-state index is 11.9. The van der Waals surface area contributed by atoms with Crippen LogP contribution in [0.2, 0.25) is 0 Å². The summed E-state index contributed by atoms with van der Waals surface area (Å²) in [4.78, 5) is 3.65. The van der Waals surface area contributed by atoms with Crippen molar-refractivity contribution in [2.45, 2.75) is 31.5 Å². The molecule has 92 valence electrons. The number of hydrogen-bond acceptors (Lipinski definition) is 5. The summed E-state index contributed by atoms with van der Waals surface area (Å²) < 4.78 is 40.2. The molecule has 1 aromatic rings. The van der Waals surface area contributed by atoms with Crippen LogP contribution in [0.5, 0.6) is 0 Å². The lowest BCUT2D eigenvalue weighted by atomic mass is 10.2. The number of aromatic nitrogens is 2. The molecular formula is C8H12F3N3O2. The van der Waals surface area contributed by atoms with Crippen molar-refractivity contribution in [3.8, 4) is 0 Å². The van der Waals surface area contributed by atoms with Gasteiger partial charge in [0.25, 0.3) is 5.89 Å².